The third-order valence-corrected chi connectivity index (χ3v) is 5.08. The second-order valence-corrected chi connectivity index (χ2v) is 6.84. The van der Waals surface area contributed by atoms with Crippen LogP contribution in [-0.4, -0.2) is 40.3 Å². The predicted octanol–water partition coefficient (Wildman–Crippen LogP) is 3.94. The molecule has 0 atom stereocenters. The van der Waals surface area contributed by atoms with E-state index in [1.807, 2.05) is 12.3 Å². The lowest BCUT2D eigenvalue weighted by atomic mass is 9.99. The standard InChI is InChI=1S/C21H19FN4O3/c22-15-5-6-16-17(12-23-19(16)11-15)14-7-9-25(10-8-14)21(27)13-24-18-3-1-2-4-20(18)26(28)29/h1-7,11-12,23-24H,8-10,13H2. The van der Waals surface area contributed by atoms with Crippen LogP contribution in [0.5, 0.6) is 0 Å². The SMILES string of the molecule is O=C(CNc1ccccc1[N+](=O)[O-])N1CC=C(c2c[nH]c3cc(F)ccc23)CC1. The average molecular weight is 394 g/mol. The van der Waals surface area contributed by atoms with Crippen LogP contribution in [0.1, 0.15) is 12.0 Å². The molecule has 148 valence electrons. The highest BCUT2D eigenvalue weighted by Crippen LogP contribution is 2.30. The molecule has 2 N–H and O–H groups in total. The number of carbonyl (C=O) groups excluding carboxylic acids is 1. The molecule has 0 saturated carbocycles. The van der Waals surface area contributed by atoms with Crippen molar-refractivity contribution < 1.29 is 14.1 Å². The number of para-hydroxylation sites is 2. The number of H-pyrrole nitrogens is 1. The number of nitrogens with zero attached hydrogens (tertiary/aromatic N) is 2. The lowest BCUT2D eigenvalue weighted by molar-refractivity contribution is -0.383. The Kier molecular flexibility index (Phi) is 4.99. The van der Waals surface area contributed by atoms with E-state index in [0.29, 0.717) is 25.2 Å². The van der Waals surface area contributed by atoms with Crippen molar-refractivity contribution in [2.45, 2.75) is 6.42 Å². The van der Waals surface area contributed by atoms with E-state index in [-0.39, 0.29) is 24.0 Å². The smallest absolute Gasteiger partial charge is 0.292 e. The second kappa shape index (κ2) is 7.75. The van der Waals surface area contributed by atoms with E-state index in [0.717, 1.165) is 22.0 Å². The number of fused-ring (bicyclic) bond motifs is 1. The second-order valence-electron chi connectivity index (χ2n) is 6.84. The van der Waals surface area contributed by atoms with Gasteiger partial charge in [-0.1, -0.05) is 18.2 Å². The minimum atomic E-state index is -0.476. The molecular weight excluding hydrogens is 375 g/mol. The summed E-state index contributed by atoms with van der Waals surface area (Å²) in [5.41, 5.74) is 3.14. The summed E-state index contributed by atoms with van der Waals surface area (Å²) in [4.78, 5) is 27.9. The van der Waals surface area contributed by atoms with Gasteiger partial charge in [0.15, 0.2) is 0 Å². The van der Waals surface area contributed by atoms with Gasteiger partial charge in [-0.2, -0.15) is 0 Å². The number of halogens is 1. The van der Waals surface area contributed by atoms with Crippen molar-refractivity contribution in [1.82, 2.24) is 9.88 Å². The van der Waals surface area contributed by atoms with Gasteiger partial charge in [0.05, 0.1) is 11.5 Å². The maximum Gasteiger partial charge on any atom is 0.292 e. The highest BCUT2D eigenvalue weighted by atomic mass is 19.1. The number of nitro groups is 1. The minimum absolute atomic E-state index is 0.0135. The van der Waals surface area contributed by atoms with Crippen molar-refractivity contribution in [2.24, 2.45) is 0 Å². The van der Waals surface area contributed by atoms with Crippen molar-refractivity contribution >= 4 is 33.8 Å². The first-order valence-corrected chi connectivity index (χ1v) is 9.24. The molecule has 0 spiro atoms. The number of amides is 1. The first kappa shape index (κ1) is 18.7. The lowest BCUT2D eigenvalue weighted by Gasteiger charge is -2.26. The van der Waals surface area contributed by atoms with Gasteiger partial charge in [0.1, 0.15) is 11.5 Å². The van der Waals surface area contributed by atoms with Gasteiger partial charge in [-0.25, -0.2) is 4.39 Å². The molecule has 0 saturated heterocycles. The number of hydrogen-bond donors (Lipinski definition) is 2. The molecule has 1 amide bonds. The van der Waals surface area contributed by atoms with Crippen molar-refractivity contribution in [3.63, 3.8) is 0 Å². The van der Waals surface area contributed by atoms with Crippen LogP contribution in [0.15, 0.2) is 54.7 Å². The van der Waals surface area contributed by atoms with Crippen LogP contribution in [-0.2, 0) is 4.79 Å². The zero-order valence-electron chi connectivity index (χ0n) is 15.5. The van der Waals surface area contributed by atoms with Crippen molar-refractivity contribution in [1.29, 1.82) is 0 Å². The first-order chi connectivity index (χ1) is 14.0. The molecule has 3 aromatic rings. The number of nitrogens with one attached hydrogen (secondary N) is 2. The Morgan fingerprint density at radius 1 is 1.28 bits per heavy atom. The molecule has 29 heavy (non-hydrogen) atoms. The molecule has 0 aliphatic carbocycles. The summed E-state index contributed by atoms with van der Waals surface area (Å²) in [7, 11) is 0. The zero-order valence-corrected chi connectivity index (χ0v) is 15.5. The monoisotopic (exact) mass is 394 g/mol. The quantitative estimate of drug-likeness (QED) is 0.506. The number of rotatable bonds is 5. The van der Waals surface area contributed by atoms with Crippen LogP contribution >= 0.6 is 0 Å². The Bertz CT molecular complexity index is 1120. The fourth-order valence-corrected chi connectivity index (χ4v) is 3.57. The summed E-state index contributed by atoms with van der Waals surface area (Å²) >= 11 is 0. The van der Waals surface area contributed by atoms with E-state index in [9.17, 15) is 19.3 Å². The number of aromatic nitrogens is 1. The highest BCUT2D eigenvalue weighted by Gasteiger charge is 2.20. The van der Waals surface area contributed by atoms with E-state index in [2.05, 4.69) is 10.3 Å². The van der Waals surface area contributed by atoms with Gasteiger partial charge in [0, 0.05) is 41.8 Å². The molecule has 7 nitrogen and oxygen atoms in total. The summed E-state index contributed by atoms with van der Waals surface area (Å²) in [5.74, 6) is -0.411. The van der Waals surface area contributed by atoms with Gasteiger partial charge in [-0.15, -0.1) is 0 Å². The number of aromatic amines is 1. The topological polar surface area (TPSA) is 91.3 Å². The van der Waals surface area contributed by atoms with Gasteiger partial charge in [-0.05, 0) is 36.3 Å². The molecular formula is C21H19FN4O3. The molecule has 0 fully saturated rings. The Hall–Kier alpha value is -3.68. The van der Waals surface area contributed by atoms with Crippen molar-refractivity contribution in [3.8, 4) is 0 Å². The Morgan fingerprint density at radius 3 is 2.86 bits per heavy atom. The third kappa shape index (κ3) is 3.82. The summed E-state index contributed by atoms with van der Waals surface area (Å²) in [6, 6.07) is 10.9. The molecule has 0 radical (unpaired) electrons. The molecule has 0 unspecified atom stereocenters. The van der Waals surface area contributed by atoms with Crippen molar-refractivity contribution in [3.05, 3.63) is 76.2 Å². The summed E-state index contributed by atoms with van der Waals surface area (Å²) in [6.45, 7) is 0.998. The molecule has 4 rings (SSSR count). The largest absolute Gasteiger partial charge is 0.371 e. The van der Waals surface area contributed by atoms with E-state index >= 15 is 0 Å². The minimum Gasteiger partial charge on any atom is -0.371 e. The number of hydrogen-bond acceptors (Lipinski definition) is 4. The maximum atomic E-state index is 13.4. The molecule has 1 aromatic heterocycles. The molecule has 8 heteroatoms. The fraction of sp³-hybridized carbons (Fsp3) is 0.190. The number of benzene rings is 2. The molecule has 0 bridgehead atoms. The number of nitro benzene ring substituents is 1. The molecule has 2 aromatic carbocycles. The van der Waals surface area contributed by atoms with E-state index in [4.69, 9.17) is 0 Å². The summed E-state index contributed by atoms with van der Waals surface area (Å²) < 4.78 is 13.4. The normalized spacial score (nSPS) is 14.0. The molecule has 1 aliphatic heterocycles. The number of carbonyl (C=O) groups is 1. The molecule has 2 heterocycles. The molecule has 1 aliphatic rings. The van der Waals surface area contributed by atoms with Gasteiger partial charge in [0.2, 0.25) is 5.91 Å². The van der Waals surface area contributed by atoms with Crippen LogP contribution < -0.4 is 5.32 Å². The fourth-order valence-electron chi connectivity index (χ4n) is 3.57. The Balaban J connectivity index is 1.41. The van der Waals surface area contributed by atoms with E-state index < -0.39 is 4.92 Å². The third-order valence-electron chi connectivity index (χ3n) is 5.08. The summed E-state index contributed by atoms with van der Waals surface area (Å²) in [5, 5.41) is 14.9. The van der Waals surface area contributed by atoms with E-state index in [1.165, 1.54) is 18.2 Å². The van der Waals surface area contributed by atoms with Crippen molar-refractivity contribution in [2.75, 3.05) is 25.0 Å². The van der Waals surface area contributed by atoms with Gasteiger partial charge in [-0.3, -0.25) is 14.9 Å². The van der Waals surface area contributed by atoms with Gasteiger partial charge in [0.25, 0.3) is 5.69 Å². The predicted molar refractivity (Wildman–Crippen MR) is 109 cm³/mol. The lowest BCUT2D eigenvalue weighted by Crippen LogP contribution is -2.38. The maximum absolute atomic E-state index is 13.4. The first-order valence-electron chi connectivity index (χ1n) is 9.24. The van der Waals surface area contributed by atoms with Crippen LogP contribution in [0.25, 0.3) is 16.5 Å². The van der Waals surface area contributed by atoms with Crippen LogP contribution in [0.2, 0.25) is 0 Å². The Labute approximate surface area is 166 Å². The van der Waals surface area contributed by atoms with Crippen LogP contribution in [0, 0.1) is 15.9 Å². The Morgan fingerprint density at radius 2 is 2.10 bits per heavy atom. The van der Waals surface area contributed by atoms with E-state index in [1.54, 1.807) is 29.2 Å². The van der Waals surface area contributed by atoms with Crippen LogP contribution in [0.4, 0.5) is 15.8 Å². The van der Waals surface area contributed by atoms with Gasteiger partial charge >= 0.3 is 0 Å². The highest BCUT2D eigenvalue weighted by molar-refractivity contribution is 5.93. The summed E-state index contributed by atoms with van der Waals surface area (Å²) in [6.07, 6.45) is 4.55. The number of anilines is 1. The zero-order chi connectivity index (χ0) is 20.4. The van der Waals surface area contributed by atoms with Gasteiger partial charge < -0.3 is 15.2 Å². The average Bonchev–Trinajstić information content (AvgIpc) is 3.15. The van der Waals surface area contributed by atoms with Crippen LogP contribution in [0.3, 0.4) is 0 Å².